The summed E-state index contributed by atoms with van der Waals surface area (Å²) >= 11 is 0. The molecule has 0 amide bonds. The third-order valence-corrected chi connectivity index (χ3v) is 5.89. The van der Waals surface area contributed by atoms with Crippen molar-refractivity contribution < 1.29 is 9.53 Å². The van der Waals surface area contributed by atoms with Gasteiger partial charge in [0, 0.05) is 24.0 Å². The van der Waals surface area contributed by atoms with Gasteiger partial charge in [-0.05, 0) is 49.8 Å². The van der Waals surface area contributed by atoms with Crippen LogP contribution in [0.15, 0.2) is 42.7 Å². The Morgan fingerprint density at radius 3 is 2.15 bits per heavy atom. The number of hydrogen-bond donors (Lipinski definition) is 0. The second kappa shape index (κ2) is 16.2. The maximum atomic E-state index is 12.0. The molecule has 33 heavy (non-hydrogen) atoms. The Morgan fingerprint density at radius 2 is 1.48 bits per heavy atom. The summed E-state index contributed by atoms with van der Waals surface area (Å²) in [5.74, 6) is 0.444. The van der Waals surface area contributed by atoms with Crippen molar-refractivity contribution in [3.05, 3.63) is 53.9 Å². The quantitative estimate of drug-likeness (QED) is 0.148. The molecule has 0 aliphatic carbocycles. The van der Waals surface area contributed by atoms with Gasteiger partial charge in [-0.25, -0.2) is 14.8 Å². The van der Waals surface area contributed by atoms with Gasteiger partial charge in [-0.1, -0.05) is 89.5 Å². The van der Waals surface area contributed by atoms with Gasteiger partial charge in [0.25, 0.3) is 0 Å². The number of nitrogens with zero attached hydrogens (tertiary/aromatic N) is 2. The highest BCUT2D eigenvalue weighted by Gasteiger charge is 2.07. The average Bonchev–Trinajstić information content (AvgIpc) is 2.83. The highest BCUT2D eigenvalue weighted by Crippen LogP contribution is 2.17. The molecule has 2 rings (SSSR count). The summed E-state index contributed by atoms with van der Waals surface area (Å²) in [5.41, 5.74) is 3.12. The third-order valence-electron chi connectivity index (χ3n) is 5.89. The van der Waals surface area contributed by atoms with Gasteiger partial charge in [0.2, 0.25) is 0 Å². The van der Waals surface area contributed by atoms with Crippen molar-refractivity contribution in [3.8, 4) is 11.4 Å². The Kier molecular flexibility index (Phi) is 13.1. The normalized spacial score (nSPS) is 12.2. The molecule has 0 spiro atoms. The van der Waals surface area contributed by atoms with E-state index in [1.165, 1.54) is 69.4 Å². The van der Waals surface area contributed by atoms with E-state index in [9.17, 15) is 4.79 Å². The number of aromatic nitrogens is 2. The van der Waals surface area contributed by atoms with Crippen LogP contribution in [0.25, 0.3) is 17.5 Å². The average molecular weight is 451 g/mol. The van der Waals surface area contributed by atoms with E-state index < -0.39 is 0 Å². The summed E-state index contributed by atoms with van der Waals surface area (Å²) in [4.78, 5) is 21.1. The first-order valence-electron chi connectivity index (χ1n) is 12.9. The Hall–Kier alpha value is -2.49. The van der Waals surface area contributed by atoms with E-state index >= 15 is 0 Å². The highest BCUT2D eigenvalue weighted by atomic mass is 16.5. The predicted molar refractivity (Wildman–Crippen MR) is 138 cm³/mol. The lowest BCUT2D eigenvalue weighted by atomic mass is 10.1. The van der Waals surface area contributed by atoms with Gasteiger partial charge in [0.1, 0.15) is 0 Å². The molecule has 4 heteroatoms. The lowest BCUT2D eigenvalue weighted by Crippen LogP contribution is -2.12. The Bertz CT molecular complexity index is 813. The van der Waals surface area contributed by atoms with Gasteiger partial charge in [-0.2, -0.15) is 0 Å². The summed E-state index contributed by atoms with van der Waals surface area (Å²) in [6, 6.07) is 7.93. The van der Waals surface area contributed by atoms with Gasteiger partial charge >= 0.3 is 5.97 Å². The van der Waals surface area contributed by atoms with Crippen molar-refractivity contribution in [1.82, 2.24) is 9.97 Å². The number of unbranched alkanes of at least 4 members (excludes halogenated alkanes) is 8. The summed E-state index contributed by atoms with van der Waals surface area (Å²) in [7, 11) is 0. The summed E-state index contributed by atoms with van der Waals surface area (Å²) in [5, 5.41) is 0. The standard InChI is InChI=1S/C29H42N2O2/c1-4-6-8-10-11-13-15-26-22-30-29(31-23-26)27-19-16-25(17-20-27)18-21-28(32)33-24(3)14-12-9-7-5-2/h16-24H,4-15H2,1-3H3/t24-/m1/s1. The molecule has 2 aromatic rings. The molecule has 0 aliphatic heterocycles. The molecular weight excluding hydrogens is 408 g/mol. The molecule has 0 unspecified atom stereocenters. The zero-order valence-corrected chi connectivity index (χ0v) is 20.9. The SMILES string of the molecule is CCCCCCCCc1cnc(-c2ccc(C=CC(=O)O[C@H](C)CCCCCC)cc2)nc1. The van der Waals surface area contributed by atoms with Crippen molar-refractivity contribution in [2.45, 2.75) is 104 Å². The fraction of sp³-hybridized carbons (Fsp3) is 0.552. The number of aryl methyl sites for hydroxylation is 1. The summed E-state index contributed by atoms with van der Waals surface area (Å²) in [6.45, 7) is 6.41. The van der Waals surface area contributed by atoms with Crippen molar-refractivity contribution in [1.29, 1.82) is 0 Å². The van der Waals surface area contributed by atoms with Crippen LogP contribution in [0.1, 0.15) is 103 Å². The number of benzene rings is 1. The first kappa shape index (κ1) is 26.8. The monoisotopic (exact) mass is 450 g/mol. The molecule has 0 radical (unpaired) electrons. The summed E-state index contributed by atoms with van der Waals surface area (Å²) < 4.78 is 5.46. The largest absolute Gasteiger partial charge is 0.460 e. The fourth-order valence-corrected chi connectivity index (χ4v) is 3.81. The van der Waals surface area contributed by atoms with Crippen LogP contribution in [-0.2, 0) is 16.0 Å². The lowest BCUT2D eigenvalue weighted by molar-refractivity contribution is -0.142. The minimum atomic E-state index is -0.286. The first-order chi connectivity index (χ1) is 16.1. The molecule has 4 nitrogen and oxygen atoms in total. The lowest BCUT2D eigenvalue weighted by Gasteiger charge is -2.11. The van der Waals surface area contributed by atoms with E-state index in [4.69, 9.17) is 4.74 Å². The second-order valence-corrected chi connectivity index (χ2v) is 8.98. The Balaban J connectivity index is 1.76. The van der Waals surface area contributed by atoms with Gasteiger partial charge < -0.3 is 4.74 Å². The van der Waals surface area contributed by atoms with Gasteiger partial charge in [0.05, 0.1) is 6.10 Å². The van der Waals surface area contributed by atoms with Crippen LogP contribution in [0.4, 0.5) is 0 Å². The molecule has 1 aromatic heterocycles. The second-order valence-electron chi connectivity index (χ2n) is 8.98. The number of carbonyl (C=O) groups excluding carboxylic acids is 1. The van der Waals surface area contributed by atoms with E-state index in [1.54, 1.807) is 6.08 Å². The van der Waals surface area contributed by atoms with Crippen molar-refractivity contribution in [3.63, 3.8) is 0 Å². The fourth-order valence-electron chi connectivity index (χ4n) is 3.81. The number of ether oxygens (including phenoxy) is 1. The van der Waals surface area contributed by atoms with E-state index in [1.807, 2.05) is 43.6 Å². The van der Waals surface area contributed by atoms with E-state index in [-0.39, 0.29) is 12.1 Å². The van der Waals surface area contributed by atoms with Crippen LogP contribution in [-0.4, -0.2) is 22.0 Å². The van der Waals surface area contributed by atoms with Crippen LogP contribution in [0.5, 0.6) is 0 Å². The Labute approximate surface area is 200 Å². The zero-order valence-electron chi connectivity index (χ0n) is 20.9. The Morgan fingerprint density at radius 1 is 0.879 bits per heavy atom. The smallest absolute Gasteiger partial charge is 0.331 e. The molecule has 180 valence electrons. The number of esters is 1. The molecule has 1 atom stereocenters. The van der Waals surface area contributed by atoms with Gasteiger partial charge in [-0.15, -0.1) is 0 Å². The van der Waals surface area contributed by atoms with E-state index in [0.29, 0.717) is 0 Å². The maximum Gasteiger partial charge on any atom is 0.331 e. The third kappa shape index (κ3) is 11.3. The number of rotatable bonds is 16. The molecule has 0 fully saturated rings. The van der Waals surface area contributed by atoms with Crippen LogP contribution in [0.2, 0.25) is 0 Å². The topological polar surface area (TPSA) is 52.1 Å². The van der Waals surface area contributed by atoms with Crippen LogP contribution >= 0.6 is 0 Å². The predicted octanol–water partition coefficient (Wildman–Crippen LogP) is 7.96. The molecule has 0 aliphatic rings. The number of hydrogen-bond acceptors (Lipinski definition) is 4. The van der Waals surface area contributed by atoms with E-state index in [0.717, 1.165) is 36.2 Å². The number of carbonyl (C=O) groups is 1. The minimum absolute atomic E-state index is 0.0393. The van der Waals surface area contributed by atoms with Crippen molar-refractivity contribution in [2.75, 3.05) is 0 Å². The first-order valence-corrected chi connectivity index (χ1v) is 12.9. The van der Waals surface area contributed by atoms with Crippen molar-refractivity contribution in [2.24, 2.45) is 0 Å². The zero-order chi connectivity index (χ0) is 23.7. The summed E-state index contributed by atoms with van der Waals surface area (Å²) in [6.07, 6.45) is 21.7. The van der Waals surface area contributed by atoms with Crippen LogP contribution in [0, 0.1) is 0 Å². The van der Waals surface area contributed by atoms with Crippen LogP contribution in [0.3, 0.4) is 0 Å². The molecule has 0 saturated carbocycles. The maximum absolute atomic E-state index is 12.0. The van der Waals surface area contributed by atoms with Crippen LogP contribution < -0.4 is 0 Å². The molecule has 1 heterocycles. The van der Waals surface area contributed by atoms with E-state index in [2.05, 4.69) is 23.8 Å². The molecule has 0 bridgehead atoms. The molecule has 0 saturated heterocycles. The molecular formula is C29H42N2O2. The van der Waals surface area contributed by atoms with Crippen molar-refractivity contribution >= 4 is 12.0 Å². The van der Waals surface area contributed by atoms with Gasteiger partial charge in [-0.3, -0.25) is 0 Å². The highest BCUT2D eigenvalue weighted by molar-refractivity contribution is 5.87. The minimum Gasteiger partial charge on any atom is -0.460 e. The van der Waals surface area contributed by atoms with Gasteiger partial charge in [0.15, 0.2) is 5.82 Å². The molecule has 1 aromatic carbocycles. The molecule has 0 N–H and O–H groups in total.